The second-order valence-electron chi connectivity index (χ2n) is 6.45. The summed E-state index contributed by atoms with van der Waals surface area (Å²) < 4.78 is 51.7. The summed E-state index contributed by atoms with van der Waals surface area (Å²) in [6.45, 7) is 4.87. The van der Waals surface area contributed by atoms with Crippen LogP contribution in [0.25, 0.3) is 0 Å². The van der Waals surface area contributed by atoms with Crippen LogP contribution in [0.4, 0.5) is 13.2 Å². The number of esters is 2. The van der Waals surface area contributed by atoms with Crippen molar-refractivity contribution < 1.29 is 32.2 Å². The third kappa shape index (κ3) is 5.00. The molecule has 0 bridgehead atoms. The molecular weight excluding hydrogens is 419 g/mol. The van der Waals surface area contributed by atoms with E-state index in [4.69, 9.17) is 9.47 Å². The highest BCUT2D eigenvalue weighted by Gasteiger charge is 2.43. The number of halogens is 3. The number of dihydropyridines is 1. The first-order valence-corrected chi connectivity index (χ1v) is 10.8. The summed E-state index contributed by atoms with van der Waals surface area (Å²) in [5, 5.41) is 3.01. The number of ether oxygens (including phenoxy) is 2. The Bertz CT molecular complexity index is 877. The quantitative estimate of drug-likeness (QED) is 0.630. The fourth-order valence-electron chi connectivity index (χ4n) is 3.40. The third-order valence-corrected chi connectivity index (χ3v) is 5.08. The molecule has 30 heavy (non-hydrogen) atoms. The van der Waals surface area contributed by atoms with Crippen molar-refractivity contribution in [3.8, 4) is 0 Å². The van der Waals surface area contributed by atoms with E-state index < -0.39 is 29.6 Å². The van der Waals surface area contributed by atoms with Gasteiger partial charge in [-0.3, -0.25) is 0 Å². The zero-order valence-corrected chi connectivity index (χ0v) is 18.0. The van der Waals surface area contributed by atoms with Crippen molar-refractivity contribution in [1.82, 2.24) is 5.32 Å². The molecule has 1 heterocycles. The molecule has 9 heteroatoms. The molecule has 0 spiro atoms. The largest absolute Gasteiger partial charge is 0.463 e. The molecule has 1 aliphatic heterocycles. The van der Waals surface area contributed by atoms with Gasteiger partial charge in [-0.1, -0.05) is 18.2 Å². The second kappa shape index (κ2) is 10.1. The number of hydrogen-bond acceptors (Lipinski definition) is 6. The minimum atomic E-state index is -4.67. The number of benzene rings is 1. The molecule has 1 N–H and O–H groups in total. The van der Waals surface area contributed by atoms with Gasteiger partial charge in [-0.2, -0.15) is 24.9 Å². The van der Waals surface area contributed by atoms with Crippen LogP contribution in [0, 0.1) is 0 Å². The van der Waals surface area contributed by atoms with Crippen molar-refractivity contribution in [3.63, 3.8) is 0 Å². The van der Waals surface area contributed by atoms with E-state index in [2.05, 4.69) is 5.32 Å². The Morgan fingerprint density at radius 2 is 1.63 bits per heavy atom. The van der Waals surface area contributed by atoms with Crippen LogP contribution in [0.1, 0.15) is 37.8 Å². The van der Waals surface area contributed by atoms with E-state index in [0.29, 0.717) is 17.1 Å². The van der Waals surface area contributed by atoms with E-state index in [1.54, 1.807) is 27.0 Å². The Kier molecular flexibility index (Phi) is 8.00. The molecule has 0 aliphatic carbocycles. The van der Waals surface area contributed by atoms with Crippen LogP contribution in [0.2, 0.25) is 0 Å². The first-order chi connectivity index (χ1) is 14.2. The summed E-state index contributed by atoms with van der Waals surface area (Å²) in [6.07, 6.45) is -2.87. The van der Waals surface area contributed by atoms with Gasteiger partial charge in [0.05, 0.1) is 35.8 Å². The molecule has 2 rings (SSSR count). The highest BCUT2D eigenvalue weighted by atomic mass is 32.2. The van der Waals surface area contributed by atoms with Gasteiger partial charge in [0, 0.05) is 17.1 Å². The van der Waals surface area contributed by atoms with E-state index >= 15 is 0 Å². The molecule has 0 saturated heterocycles. The van der Waals surface area contributed by atoms with Gasteiger partial charge in [0.15, 0.2) is 0 Å². The lowest BCUT2D eigenvalue weighted by Crippen LogP contribution is -2.35. The Balaban J connectivity index is 2.84. The highest BCUT2D eigenvalue weighted by molar-refractivity contribution is 7.98. The number of hydrogen-bond donors (Lipinski definition) is 1. The van der Waals surface area contributed by atoms with Crippen molar-refractivity contribution in [1.29, 1.82) is 0 Å². The van der Waals surface area contributed by atoms with Crippen molar-refractivity contribution in [3.05, 3.63) is 57.9 Å². The summed E-state index contributed by atoms with van der Waals surface area (Å²) in [6, 6.07) is 4.93. The fourth-order valence-corrected chi connectivity index (χ4v) is 3.92. The Labute approximate surface area is 177 Å². The molecule has 1 unspecified atom stereocenters. The van der Waals surface area contributed by atoms with Gasteiger partial charge in [-0.25, -0.2) is 9.59 Å². The maximum Gasteiger partial charge on any atom is 0.416 e. The van der Waals surface area contributed by atoms with Crippen LogP contribution in [-0.2, 0) is 25.2 Å². The SMILES string of the molecule is CCOC(=O)C1=C(C)NC(CSC)=C(C(=O)OCC)C1c1ccccc1C(F)(F)F. The number of alkyl halides is 3. The summed E-state index contributed by atoms with van der Waals surface area (Å²) in [5.74, 6) is -2.50. The first kappa shape index (κ1) is 23.9. The standard InChI is InChI=1S/C21H24F3NO4S/c1-5-28-19(26)16-12(3)25-15(11-30-4)18(20(27)29-6-2)17(16)13-9-7-8-10-14(13)21(22,23)24/h7-10,17,25H,5-6,11H2,1-4H3. The van der Waals surface area contributed by atoms with Crippen LogP contribution in [0.3, 0.4) is 0 Å². The average Bonchev–Trinajstić information content (AvgIpc) is 2.67. The van der Waals surface area contributed by atoms with E-state index in [1.807, 2.05) is 0 Å². The van der Waals surface area contributed by atoms with Crippen LogP contribution >= 0.6 is 11.8 Å². The molecule has 1 atom stereocenters. The van der Waals surface area contributed by atoms with Crippen LogP contribution in [0.5, 0.6) is 0 Å². The molecule has 0 saturated carbocycles. The van der Waals surface area contributed by atoms with Crippen molar-refractivity contribution in [2.75, 3.05) is 25.2 Å². The average molecular weight is 443 g/mol. The maximum atomic E-state index is 13.8. The third-order valence-electron chi connectivity index (χ3n) is 4.50. The zero-order chi connectivity index (χ0) is 22.5. The molecule has 1 aliphatic rings. The van der Waals surface area contributed by atoms with E-state index in [0.717, 1.165) is 6.07 Å². The lowest BCUT2D eigenvalue weighted by atomic mass is 9.78. The van der Waals surface area contributed by atoms with Gasteiger partial charge in [-0.15, -0.1) is 0 Å². The second-order valence-corrected chi connectivity index (χ2v) is 7.31. The topological polar surface area (TPSA) is 64.6 Å². The van der Waals surface area contributed by atoms with Crippen molar-refractivity contribution in [2.45, 2.75) is 32.9 Å². The van der Waals surface area contributed by atoms with Gasteiger partial charge >= 0.3 is 18.1 Å². The molecule has 1 aromatic carbocycles. The maximum absolute atomic E-state index is 13.8. The smallest absolute Gasteiger partial charge is 0.416 e. The Morgan fingerprint density at radius 3 is 2.17 bits per heavy atom. The van der Waals surface area contributed by atoms with E-state index in [9.17, 15) is 22.8 Å². The number of nitrogens with one attached hydrogen (secondary N) is 1. The molecule has 0 amide bonds. The zero-order valence-electron chi connectivity index (χ0n) is 17.2. The van der Waals surface area contributed by atoms with Gasteiger partial charge in [-0.05, 0) is 38.7 Å². The molecule has 0 fully saturated rings. The van der Waals surface area contributed by atoms with Gasteiger partial charge in [0.2, 0.25) is 0 Å². The Hall–Kier alpha value is -2.42. The van der Waals surface area contributed by atoms with Crippen LogP contribution < -0.4 is 5.32 Å². The molecule has 164 valence electrons. The van der Waals surface area contributed by atoms with Gasteiger partial charge < -0.3 is 14.8 Å². The summed E-state index contributed by atoms with van der Waals surface area (Å²) in [5.41, 5.74) is -0.425. The summed E-state index contributed by atoms with van der Waals surface area (Å²) in [4.78, 5) is 25.6. The lowest BCUT2D eigenvalue weighted by molar-refractivity contribution is -0.142. The number of thioether (sulfide) groups is 1. The van der Waals surface area contributed by atoms with Gasteiger partial charge in [0.25, 0.3) is 0 Å². The summed E-state index contributed by atoms with van der Waals surface area (Å²) in [7, 11) is 0. The molecule has 5 nitrogen and oxygen atoms in total. The fraction of sp³-hybridized carbons (Fsp3) is 0.429. The minimum Gasteiger partial charge on any atom is -0.463 e. The van der Waals surface area contributed by atoms with Crippen molar-refractivity contribution >= 4 is 23.7 Å². The van der Waals surface area contributed by atoms with Crippen LogP contribution in [-0.4, -0.2) is 37.2 Å². The molecule has 0 aromatic heterocycles. The summed E-state index contributed by atoms with van der Waals surface area (Å²) >= 11 is 1.39. The Morgan fingerprint density at radius 1 is 1.07 bits per heavy atom. The molecule has 0 radical (unpaired) electrons. The molecule has 1 aromatic rings. The monoisotopic (exact) mass is 443 g/mol. The number of rotatable bonds is 7. The van der Waals surface area contributed by atoms with E-state index in [-0.39, 0.29) is 29.9 Å². The highest BCUT2D eigenvalue weighted by Crippen LogP contribution is 2.44. The number of allylic oxidation sites excluding steroid dienone is 1. The van der Waals surface area contributed by atoms with Gasteiger partial charge in [0.1, 0.15) is 0 Å². The minimum absolute atomic E-state index is 0.0171. The van der Waals surface area contributed by atoms with E-state index in [1.165, 1.54) is 30.0 Å². The van der Waals surface area contributed by atoms with Crippen molar-refractivity contribution in [2.24, 2.45) is 0 Å². The normalized spacial score (nSPS) is 17.0. The van der Waals surface area contributed by atoms with Crippen LogP contribution in [0.15, 0.2) is 46.8 Å². The number of carbonyl (C=O) groups excluding carboxylic acids is 2. The first-order valence-electron chi connectivity index (χ1n) is 9.37. The molecular formula is C21H24F3NO4S. The predicted octanol–water partition coefficient (Wildman–Crippen LogP) is 4.41. The number of carbonyl (C=O) groups is 2. The predicted molar refractivity (Wildman–Crippen MR) is 109 cm³/mol. The lowest BCUT2D eigenvalue weighted by Gasteiger charge is -2.32.